The van der Waals surface area contributed by atoms with E-state index in [1.54, 1.807) is 0 Å². The SMILES string of the molecule is CC(C)(C)C1CN(C(=O)CCCCCNC(=O)C2CCC(CN3C(=O)C=CC3=O)CC2)C1. The average Bonchev–Trinajstić information content (AvgIpc) is 3.00. The first kappa shape index (κ1) is 24.5. The third-order valence-electron chi connectivity index (χ3n) is 7.38. The van der Waals surface area contributed by atoms with Crippen LogP contribution in [0.2, 0.25) is 0 Å². The maximum atomic E-state index is 12.4. The number of nitrogens with one attached hydrogen (secondary N) is 1. The lowest BCUT2D eigenvalue weighted by Gasteiger charge is -2.46. The van der Waals surface area contributed by atoms with Gasteiger partial charge in [0.15, 0.2) is 0 Å². The van der Waals surface area contributed by atoms with Crippen LogP contribution in [-0.4, -0.2) is 59.6 Å². The van der Waals surface area contributed by atoms with Crippen LogP contribution in [0.3, 0.4) is 0 Å². The molecule has 0 radical (unpaired) electrons. The molecule has 0 atom stereocenters. The summed E-state index contributed by atoms with van der Waals surface area (Å²) < 4.78 is 0. The molecule has 1 saturated heterocycles. The zero-order valence-electron chi connectivity index (χ0n) is 19.9. The predicted molar refractivity (Wildman–Crippen MR) is 122 cm³/mol. The van der Waals surface area contributed by atoms with Crippen LogP contribution in [0.15, 0.2) is 12.2 Å². The Morgan fingerprint density at radius 1 is 0.969 bits per heavy atom. The Morgan fingerprint density at radius 2 is 1.59 bits per heavy atom. The number of carbonyl (C=O) groups is 4. The van der Waals surface area contributed by atoms with Gasteiger partial charge in [-0.1, -0.05) is 27.2 Å². The van der Waals surface area contributed by atoms with Gasteiger partial charge in [0.1, 0.15) is 0 Å². The fraction of sp³-hybridized carbons (Fsp3) is 0.760. The third kappa shape index (κ3) is 6.42. The van der Waals surface area contributed by atoms with Crippen molar-refractivity contribution in [2.24, 2.45) is 23.2 Å². The van der Waals surface area contributed by atoms with Crippen LogP contribution < -0.4 is 5.32 Å². The molecule has 1 saturated carbocycles. The maximum Gasteiger partial charge on any atom is 0.253 e. The Bertz CT molecular complexity index is 723. The number of rotatable bonds is 9. The van der Waals surface area contributed by atoms with Gasteiger partial charge in [-0.05, 0) is 55.8 Å². The topological polar surface area (TPSA) is 86.8 Å². The van der Waals surface area contributed by atoms with E-state index in [0.29, 0.717) is 25.4 Å². The van der Waals surface area contributed by atoms with E-state index in [1.807, 2.05) is 4.90 Å². The maximum absolute atomic E-state index is 12.4. The Kier molecular flexibility index (Phi) is 8.12. The normalized spacial score (nSPS) is 24.1. The van der Waals surface area contributed by atoms with E-state index >= 15 is 0 Å². The highest BCUT2D eigenvalue weighted by atomic mass is 16.2. The molecule has 0 unspecified atom stereocenters. The fourth-order valence-corrected chi connectivity index (χ4v) is 4.80. The monoisotopic (exact) mass is 445 g/mol. The van der Waals surface area contributed by atoms with E-state index in [9.17, 15) is 19.2 Å². The van der Waals surface area contributed by atoms with Gasteiger partial charge in [0.25, 0.3) is 11.8 Å². The van der Waals surface area contributed by atoms with Crippen molar-refractivity contribution < 1.29 is 19.2 Å². The van der Waals surface area contributed by atoms with Crippen LogP contribution in [0.4, 0.5) is 0 Å². The summed E-state index contributed by atoms with van der Waals surface area (Å²) in [4.78, 5) is 51.3. The van der Waals surface area contributed by atoms with Crippen LogP contribution in [0.1, 0.15) is 72.1 Å². The first-order valence-electron chi connectivity index (χ1n) is 12.2. The van der Waals surface area contributed by atoms with Gasteiger partial charge in [0.05, 0.1) is 0 Å². The molecule has 1 N–H and O–H groups in total. The van der Waals surface area contributed by atoms with Crippen LogP contribution in [-0.2, 0) is 19.2 Å². The summed E-state index contributed by atoms with van der Waals surface area (Å²) in [6, 6.07) is 0. The highest BCUT2D eigenvalue weighted by molar-refractivity contribution is 6.12. The van der Waals surface area contributed by atoms with E-state index in [-0.39, 0.29) is 40.9 Å². The molecule has 3 rings (SSSR count). The third-order valence-corrected chi connectivity index (χ3v) is 7.38. The van der Waals surface area contributed by atoms with Gasteiger partial charge < -0.3 is 10.2 Å². The standard InChI is InChI=1S/C25H39N3O4/c1-25(2,3)20-16-27(17-20)21(29)7-5-4-6-14-26-24(32)19-10-8-18(9-11-19)15-28-22(30)12-13-23(28)31/h12-13,18-20H,4-11,14-17H2,1-3H3,(H,26,32). The van der Waals surface area contributed by atoms with E-state index in [4.69, 9.17) is 0 Å². The molecule has 0 aromatic carbocycles. The van der Waals surface area contributed by atoms with Crippen LogP contribution in [0.25, 0.3) is 0 Å². The van der Waals surface area contributed by atoms with Gasteiger partial charge in [-0.25, -0.2) is 0 Å². The zero-order chi connectivity index (χ0) is 23.3. The van der Waals surface area contributed by atoms with Gasteiger partial charge in [-0.15, -0.1) is 0 Å². The number of likely N-dealkylation sites (tertiary alicyclic amines) is 1. The summed E-state index contributed by atoms with van der Waals surface area (Å²) in [7, 11) is 0. The van der Waals surface area contributed by atoms with Crippen molar-refractivity contribution in [3.63, 3.8) is 0 Å². The van der Waals surface area contributed by atoms with Crippen molar-refractivity contribution in [1.29, 1.82) is 0 Å². The first-order chi connectivity index (χ1) is 15.1. The second-order valence-electron chi connectivity index (χ2n) is 10.8. The highest BCUT2D eigenvalue weighted by Gasteiger charge is 2.37. The minimum absolute atomic E-state index is 0.0260. The van der Waals surface area contributed by atoms with Crippen molar-refractivity contribution in [2.45, 2.75) is 72.1 Å². The Hall–Kier alpha value is -2.18. The number of unbranched alkanes of at least 4 members (excludes halogenated alkanes) is 2. The summed E-state index contributed by atoms with van der Waals surface area (Å²) in [6.45, 7) is 9.60. The molecule has 0 aromatic rings. The second-order valence-corrected chi connectivity index (χ2v) is 10.8. The van der Waals surface area contributed by atoms with E-state index in [2.05, 4.69) is 26.1 Å². The van der Waals surface area contributed by atoms with Gasteiger partial charge in [-0.2, -0.15) is 0 Å². The molecule has 1 aliphatic carbocycles. The first-order valence-corrected chi connectivity index (χ1v) is 12.2. The molecule has 0 aromatic heterocycles. The number of imide groups is 1. The van der Waals surface area contributed by atoms with Crippen molar-refractivity contribution in [2.75, 3.05) is 26.2 Å². The molecule has 4 amide bonds. The van der Waals surface area contributed by atoms with Crippen molar-refractivity contribution >= 4 is 23.6 Å². The van der Waals surface area contributed by atoms with Crippen molar-refractivity contribution in [3.8, 4) is 0 Å². The number of nitrogens with zero attached hydrogens (tertiary/aromatic N) is 2. The molecule has 3 aliphatic rings. The van der Waals surface area contributed by atoms with Crippen LogP contribution in [0, 0.1) is 23.2 Å². The molecule has 0 spiro atoms. The molecular weight excluding hydrogens is 406 g/mol. The predicted octanol–water partition coefficient (Wildman–Crippen LogP) is 2.90. The summed E-state index contributed by atoms with van der Waals surface area (Å²) >= 11 is 0. The Labute approximate surface area is 192 Å². The number of carbonyl (C=O) groups excluding carboxylic acids is 4. The molecule has 7 heteroatoms. The number of hydrogen-bond donors (Lipinski definition) is 1. The Balaban J connectivity index is 1.21. The molecule has 7 nitrogen and oxygen atoms in total. The lowest BCUT2D eigenvalue weighted by atomic mass is 9.76. The second kappa shape index (κ2) is 10.6. The summed E-state index contributed by atoms with van der Waals surface area (Å²) in [5.74, 6) is 0.848. The minimum Gasteiger partial charge on any atom is -0.356 e. The highest BCUT2D eigenvalue weighted by Crippen LogP contribution is 2.34. The largest absolute Gasteiger partial charge is 0.356 e. The summed E-state index contributed by atoms with van der Waals surface area (Å²) in [6.07, 6.45) is 9.31. The number of hydrogen-bond acceptors (Lipinski definition) is 4. The summed E-state index contributed by atoms with van der Waals surface area (Å²) in [5, 5.41) is 3.05. The lowest BCUT2D eigenvalue weighted by Crippen LogP contribution is -2.54. The molecule has 178 valence electrons. The summed E-state index contributed by atoms with van der Waals surface area (Å²) in [5.41, 5.74) is 0.275. The van der Waals surface area contributed by atoms with Crippen LogP contribution >= 0.6 is 0 Å². The average molecular weight is 446 g/mol. The van der Waals surface area contributed by atoms with E-state index < -0.39 is 0 Å². The lowest BCUT2D eigenvalue weighted by molar-refractivity contribution is -0.140. The van der Waals surface area contributed by atoms with Crippen molar-refractivity contribution in [1.82, 2.24) is 15.1 Å². The van der Waals surface area contributed by atoms with Gasteiger partial charge in [0.2, 0.25) is 11.8 Å². The van der Waals surface area contributed by atoms with E-state index in [1.165, 1.54) is 17.1 Å². The number of amides is 4. The molecule has 2 fully saturated rings. The fourth-order valence-electron chi connectivity index (χ4n) is 4.80. The molecular formula is C25H39N3O4. The molecule has 2 heterocycles. The zero-order valence-corrected chi connectivity index (χ0v) is 19.9. The quantitative estimate of drug-likeness (QED) is 0.437. The van der Waals surface area contributed by atoms with E-state index in [0.717, 1.165) is 58.0 Å². The molecule has 2 aliphatic heterocycles. The van der Waals surface area contributed by atoms with Crippen LogP contribution in [0.5, 0.6) is 0 Å². The molecule has 32 heavy (non-hydrogen) atoms. The van der Waals surface area contributed by atoms with Gasteiger partial charge >= 0.3 is 0 Å². The van der Waals surface area contributed by atoms with Gasteiger partial charge in [0, 0.05) is 50.7 Å². The minimum atomic E-state index is -0.226. The Morgan fingerprint density at radius 3 is 2.19 bits per heavy atom. The van der Waals surface area contributed by atoms with Gasteiger partial charge in [-0.3, -0.25) is 24.1 Å². The molecule has 0 bridgehead atoms. The van der Waals surface area contributed by atoms with Crippen molar-refractivity contribution in [3.05, 3.63) is 12.2 Å². The smallest absolute Gasteiger partial charge is 0.253 e.